The molecule has 0 amide bonds. The molecule has 176 valence electrons. The summed E-state index contributed by atoms with van der Waals surface area (Å²) in [6.07, 6.45) is 2.11. The van der Waals surface area contributed by atoms with Gasteiger partial charge in [0.05, 0.1) is 16.9 Å². The van der Waals surface area contributed by atoms with Gasteiger partial charge in [0.1, 0.15) is 5.69 Å². The molecule has 1 aliphatic rings. The second-order valence-corrected chi connectivity index (χ2v) is 8.81. The minimum Gasteiger partial charge on any atom is -0.505 e. The maximum absolute atomic E-state index is 13.1. The third-order valence-corrected chi connectivity index (χ3v) is 6.50. The Labute approximate surface area is 201 Å². The van der Waals surface area contributed by atoms with Crippen LogP contribution in [-0.4, -0.2) is 26.0 Å². The predicted molar refractivity (Wildman–Crippen MR) is 133 cm³/mol. The molecule has 8 heteroatoms. The van der Waals surface area contributed by atoms with Crippen molar-refractivity contribution in [3.8, 4) is 22.6 Å². The second-order valence-electron chi connectivity index (χ2n) is 8.81. The molecule has 1 aromatic heterocycles. The van der Waals surface area contributed by atoms with Crippen molar-refractivity contribution >= 4 is 17.3 Å². The summed E-state index contributed by atoms with van der Waals surface area (Å²) in [6.45, 7) is 3.96. The summed E-state index contributed by atoms with van der Waals surface area (Å²) < 4.78 is 1.46. The molecule has 1 heterocycles. The van der Waals surface area contributed by atoms with Crippen molar-refractivity contribution in [1.29, 1.82) is 0 Å². The van der Waals surface area contributed by atoms with E-state index >= 15 is 0 Å². The molecule has 0 spiro atoms. The van der Waals surface area contributed by atoms with Crippen molar-refractivity contribution in [3.63, 3.8) is 0 Å². The molecule has 3 N–H and O–H groups in total. The van der Waals surface area contributed by atoms with Crippen molar-refractivity contribution in [2.75, 3.05) is 0 Å². The van der Waals surface area contributed by atoms with E-state index in [2.05, 4.69) is 28.3 Å². The van der Waals surface area contributed by atoms with E-state index in [9.17, 15) is 19.8 Å². The number of carbonyl (C=O) groups is 1. The summed E-state index contributed by atoms with van der Waals surface area (Å²) in [4.78, 5) is 24.4. The molecule has 0 saturated carbocycles. The van der Waals surface area contributed by atoms with Gasteiger partial charge in [-0.1, -0.05) is 37.3 Å². The number of aromatic nitrogens is 2. The summed E-state index contributed by atoms with van der Waals surface area (Å²) in [7, 11) is 0. The number of aromatic carboxylic acids is 1. The van der Waals surface area contributed by atoms with Crippen LogP contribution in [-0.2, 0) is 6.42 Å². The van der Waals surface area contributed by atoms with Crippen molar-refractivity contribution in [2.45, 2.75) is 32.6 Å². The standard InChI is InChI=1S/C27H24N4O4/c1-15-9-10-18-14-20(11-12-21(15)18)31-26(33)24(16(2)30-31)29-28-23-8-4-7-22(25(23)32)17-5-3-6-19(13-17)27(34)35/h3-8,11-15,30,32H,9-10H2,1-2H3,(H,34,35). The zero-order valence-corrected chi connectivity index (χ0v) is 19.3. The lowest BCUT2D eigenvalue weighted by atomic mass is 10.0. The van der Waals surface area contributed by atoms with Gasteiger partial charge in [0, 0.05) is 5.56 Å². The molecule has 0 fully saturated rings. The van der Waals surface area contributed by atoms with E-state index in [0.717, 1.165) is 18.5 Å². The average Bonchev–Trinajstić information content (AvgIpc) is 3.36. The first-order valence-electron chi connectivity index (χ1n) is 11.4. The Balaban J connectivity index is 1.48. The maximum atomic E-state index is 13.1. The molecule has 8 nitrogen and oxygen atoms in total. The number of hydrogen-bond acceptors (Lipinski definition) is 5. The molecule has 0 radical (unpaired) electrons. The minimum atomic E-state index is -1.06. The highest BCUT2D eigenvalue weighted by molar-refractivity contribution is 5.90. The van der Waals surface area contributed by atoms with Gasteiger partial charge in [-0.25, -0.2) is 9.48 Å². The SMILES string of the molecule is Cc1[nH]n(-c2ccc3c(c2)CCC3C)c(=O)c1N=Nc1cccc(-c2cccc(C(=O)O)c2)c1O. The Morgan fingerprint density at radius 1 is 1.09 bits per heavy atom. The number of phenolic OH excluding ortho intramolecular Hbond substituents is 1. The Morgan fingerprint density at radius 2 is 1.89 bits per heavy atom. The third-order valence-electron chi connectivity index (χ3n) is 6.50. The van der Waals surface area contributed by atoms with E-state index in [-0.39, 0.29) is 28.2 Å². The fourth-order valence-electron chi connectivity index (χ4n) is 4.56. The van der Waals surface area contributed by atoms with Crippen LogP contribution in [0.5, 0.6) is 5.75 Å². The number of benzene rings is 3. The number of aryl methyl sites for hydroxylation is 2. The van der Waals surface area contributed by atoms with E-state index in [0.29, 0.717) is 22.7 Å². The smallest absolute Gasteiger partial charge is 0.335 e. The molecule has 4 aromatic rings. The molecule has 3 aromatic carbocycles. The summed E-state index contributed by atoms with van der Waals surface area (Å²) in [5.74, 6) is -0.681. The highest BCUT2D eigenvalue weighted by atomic mass is 16.4. The van der Waals surface area contributed by atoms with E-state index in [4.69, 9.17) is 0 Å². The number of aromatic hydroxyl groups is 1. The third kappa shape index (κ3) is 4.03. The van der Waals surface area contributed by atoms with Gasteiger partial charge in [-0.3, -0.25) is 9.89 Å². The largest absolute Gasteiger partial charge is 0.505 e. The van der Waals surface area contributed by atoms with E-state index in [1.54, 1.807) is 37.3 Å². The monoisotopic (exact) mass is 468 g/mol. The predicted octanol–water partition coefficient (Wildman–Crippen LogP) is 6.01. The van der Waals surface area contributed by atoms with Gasteiger partial charge in [-0.05, 0) is 72.7 Å². The van der Waals surface area contributed by atoms with E-state index in [1.807, 2.05) is 12.1 Å². The summed E-state index contributed by atoms with van der Waals surface area (Å²) in [6, 6.07) is 17.2. The molecule has 1 unspecified atom stereocenters. The minimum absolute atomic E-state index is 0.110. The fourth-order valence-corrected chi connectivity index (χ4v) is 4.56. The maximum Gasteiger partial charge on any atom is 0.335 e. The van der Waals surface area contributed by atoms with Crippen LogP contribution >= 0.6 is 0 Å². The summed E-state index contributed by atoms with van der Waals surface area (Å²) in [5.41, 5.74) is 4.93. The van der Waals surface area contributed by atoms with Crippen LogP contribution in [0.3, 0.4) is 0 Å². The number of carboxylic acids is 1. The molecule has 0 bridgehead atoms. The number of nitrogens with zero attached hydrogens (tertiary/aromatic N) is 3. The lowest BCUT2D eigenvalue weighted by Gasteiger charge is -2.07. The molecule has 1 aliphatic carbocycles. The first kappa shape index (κ1) is 22.3. The van der Waals surface area contributed by atoms with Crippen LogP contribution in [0.1, 0.15) is 46.4 Å². The first-order chi connectivity index (χ1) is 16.8. The van der Waals surface area contributed by atoms with Gasteiger partial charge < -0.3 is 10.2 Å². The topological polar surface area (TPSA) is 120 Å². The average molecular weight is 469 g/mol. The Kier molecular flexibility index (Phi) is 5.56. The van der Waals surface area contributed by atoms with Gasteiger partial charge in [0.25, 0.3) is 5.56 Å². The van der Waals surface area contributed by atoms with Crippen LogP contribution in [0, 0.1) is 6.92 Å². The lowest BCUT2D eigenvalue weighted by molar-refractivity contribution is 0.0697. The number of fused-ring (bicyclic) bond motifs is 1. The van der Waals surface area contributed by atoms with Gasteiger partial charge in [-0.2, -0.15) is 0 Å². The number of hydrogen-bond donors (Lipinski definition) is 3. The molecule has 0 aliphatic heterocycles. The number of nitrogens with one attached hydrogen (secondary N) is 1. The molecule has 5 rings (SSSR count). The number of azo groups is 1. The molecule has 35 heavy (non-hydrogen) atoms. The fraction of sp³-hybridized carbons (Fsp3) is 0.185. The number of phenols is 1. The Hall–Kier alpha value is -4.46. The van der Waals surface area contributed by atoms with Crippen molar-refractivity contribution < 1.29 is 15.0 Å². The van der Waals surface area contributed by atoms with E-state index < -0.39 is 5.97 Å². The number of H-pyrrole nitrogens is 1. The van der Waals surface area contributed by atoms with Crippen LogP contribution in [0.2, 0.25) is 0 Å². The Bertz CT molecular complexity index is 1550. The summed E-state index contributed by atoms with van der Waals surface area (Å²) in [5, 5.41) is 31.4. The summed E-state index contributed by atoms with van der Waals surface area (Å²) >= 11 is 0. The van der Waals surface area contributed by atoms with Crippen molar-refractivity contribution in [2.24, 2.45) is 10.2 Å². The van der Waals surface area contributed by atoms with Gasteiger partial charge in [0.15, 0.2) is 11.4 Å². The van der Waals surface area contributed by atoms with Gasteiger partial charge in [0.2, 0.25) is 0 Å². The van der Waals surface area contributed by atoms with Gasteiger partial charge in [-0.15, -0.1) is 10.2 Å². The van der Waals surface area contributed by atoms with Crippen molar-refractivity contribution in [3.05, 3.63) is 93.4 Å². The van der Waals surface area contributed by atoms with Crippen LogP contribution in [0.25, 0.3) is 16.8 Å². The molecule has 0 saturated heterocycles. The second kappa shape index (κ2) is 8.72. The zero-order valence-electron chi connectivity index (χ0n) is 19.3. The van der Waals surface area contributed by atoms with Crippen LogP contribution < -0.4 is 5.56 Å². The lowest BCUT2D eigenvalue weighted by Crippen LogP contribution is -2.14. The Morgan fingerprint density at radius 3 is 2.69 bits per heavy atom. The normalized spacial score (nSPS) is 15.0. The van der Waals surface area contributed by atoms with Crippen LogP contribution in [0.4, 0.5) is 11.4 Å². The highest BCUT2D eigenvalue weighted by Crippen LogP contribution is 2.38. The zero-order chi connectivity index (χ0) is 24.7. The molecular formula is C27H24N4O4. The number of aromatic amines is 1. The quantitative estimate of drug-likeness (QED) is 0.311. The van der Waals surface area contributed by atoms with Crippen molar-refractivity contribution in [1.82, 2.24) is 9.78 Å². The van der Waals surface area contributed by atoms with Gasteiger partial charge >= 0.3 is 5.97 Å². The molecular weight excluding hydrogens is 444 g/mol. The number of rotatable bonds is 5. The number of para-hydroxylation sites is 1. The van der Waals surface area contributed by atoms with Crippen LogP contribution in [0.15, 0.2) is 75.7 Å². The highest BCUT2D eigenvalue weighted by Gasteiger charge is 2.20. The first-order valence-corrected chi connectivity index (χ1v) is 11.4. The molecule has 1 atom stereocenters. The number of carboxylic acid groups (broad SMARTS) is 1. The van der Waals surface area contributed by atoms with E-state index in [1.165, 1.54) is 27.9 Å².